The number of carbonyl (C=O) groups is 1. The van der Waals surface area contributed by atoms with Gasteiger partial charge in [-0.1, -0.05) is 0 Å². The third-order valence-electron chi connectivity index (χ3n) is 1.62. The highest BCUT2D eigenvalue weighted by molar-refractivity contribution is 7.07. The molecular formula is C7H6N2O2S. The molecule has 12 heavy (non-hydrogen) atoms. The third kappa shape index (κ3) is 1.08. The highest BCUT2D eigenvalue weighted by Crippen LogP contribution is 1.94. The second-order valence-corrected chi connectivity index (χ2v) is 3.26. The fourth-order valence-corrected chi connectivity index (χ4v) is 1.75. The summed E-state index contributed by atoms with van der Waals surface area (Å²) in [6, 6.07) is 0. The van der Waals surface area contributed by atoms with Gasteiger partial charge < -0.3 is 5.11 Å². The van der Waals surface area contributed by atoms with Crippen molar-refractivity contribution in [3.8, 4) is 0 Å². The Labute approximate surface area is 72.1 Å². The molecule has 1 aromatic rings. The molecule has 0 aromatic carbocycles. The Bertz CT molecular complexity index is 423. The van der Waals surface area contributed by atoms with E-state index in [2.05, 4.69) is 4.98 Å². The van der Waals surface area contributed by atoms with Gasteiger partial charge in [0.2, 0.25) is 0 Å². The Hall–Kier alpha value is -1.36. The molecule has 1 aliphatic rings. The van der Waals surface area contributed by atoms with Crippen LogP contribution in [0.15, 0.2) is 5.51 Å². The van der Waals surface area contributed by atoms with Gasteiger partial charge in [-0.15, -0.1) is 11.3 Å². The molecule has 0 spiro atoms. The summed E-state index contributed by atoms with van der Waals surface area (Å²) in [6.45, 7) is 0.395. The van der Waals surface area contributed by atoms with Gasteiger partial charge in [-0.25, -0.2) is 9.78 Å². The number of carboxylic acid groups (broad SMARTS) is 1. The number of hydrogen-bond acceptors (Lipinski definition) is 3. The summed E-state index contributed by atoms with van der Waals surface area (Å²) >= 11 is 1.44. The van der Waals surface area contributed by atoms with Crippen LogP contribution in [0.5, 0.6) is 0 Å². The molecule has 4 nitrogen and oxygen atoms in total. The van der Waals surface area contributed by atoms with Crippen LogP contribution in [0.2, 0.25) is 0 Å². The number of thiazole rings is 1. The van der Waals surface area contributed by atoms with Crippen molar-refractivity contribution >= 4 is 29.7 Å². The Morgan fingerprint density at radius 3 is 3.33 bits per heavy atom. The standard InChI is InChI=1S/C7H6N2O2S/c10-7(11)9-2-1-5-6(3-9)12-4-8-5/h1,3-4H,2H2,(H,10,11). The van der Waals surface area contributed by atoms with Crippen LogP contribution >= 0.6 is 11.3 Å². The lowest BCUT2D eigenvalue weighted by atomic mass is 10.4. The van der Waals surface area contributed by atoms with E-state index in [9.17, 15) is 4.79 Å². The highest BCUT2D eigenvalue weighted by Gasteiger charge is 2.09. The Morgan fingerprint density at radius 2 is 2.58 bits per heavy atom. The van der Waals surface area contributed by atoms with Gasteiger partial charge in [-0.2, -0.15) is 0 Å². The maximum absolute atomic E-state index is 10.5. The largest absolute Gasteiger partial charge is 0.465 e. The van der Waals surface area contributed by atoms with E-state index < -0.39 is 6.09 Å². The molecule has 0 bridgehead atoms. The second kappa shape index (κ2) is 2.60. The summed E-state index contributed by atoms with van der Waals surface area (Å²) in [6.07, 6.45) is 2.49. The minimum Gasteiger partial charge on any atom is -0.465 e. The second-order valence-electron chi connectivity index (χ2n) is 2.37. The molecule has 0 saturated carbocycles. The molecule has 1 aromatic heterocycles. The van der Waals surface area contributed by atoms with Crippen molar-refractivity contribution in [1.82, 2.24) is 9.88 Å². The van der Waals surface area contributed by atoms with Crippen LogP contribution in [0, 0.1) is 0 Å². The smallest absolute Gasteiger partial charge is 0.411 e. The molecule has 0 saturated heterocycles. The predicted molar refractivity (Wildman–Crippen MR) is 45.0 cm³/mol. The summed E-state index contributed by atoms with van der Waals surface area (Å²) < 4.78 is 0.906. The van der Waals surface area contributed by atoms with Crippen LogP contribution in [0.3, 0.4) is 0 Å². The number of hydrogen-bond donors (Lipinski definition) is 1. The van der Waals surface area contributed by atoms with E-state index >= 15 is 0 Å². The van der Waals surface area contributed by atoms with E-state index in [1.54, 1.807) is 17.8 Å². The van der Waals surface area contributed by atoms with E-state index in [4.69, 9.17) is 5.11 Å². The van der Waals surface area contributed by atoms with Gasteiger partial charge in [-0.3, -0.25) is 4.90 Å². The molecule has 1 aliphatic heterocycles. The summed E-state index contributed by atoms with van der Waals surface area (Å²) in [5.41, 5.74) is 1.71. The average Bonchev–Trinajstić information content (AvgIpc) is 2.49. The first kappa shape index (κ1) is 7.30. The van der Waals surface area contributed by atoms with Crippen molar-refractivity contribution in [2.24, 2.45) is 0 Å². The Kier molecular flexibility index (Phi) is 1.58. The Morgan fingerprint density at radius 1 is 1.75 bits per heavy atom. The third-order valence-corrected chi connectivity index (χ3v) is 2.40. The van der Waals surface area contributed by atoms with E-state index in [0.29, 0.717) is 6.54 Å². The average molecular weight is 182 g/mol. The maximum Gasteiger partial charge on any atom is 0.411 e. The van der Waals surface area contributed by atoms with E-state index in [1.807, 2.05) is 0 Å². The van der Waals surface area contributed by atoms with E-state index in [1.165, 1.54) is 16.2 Å². The van der Waals surface area contributed by atoms with Crippen LogP contribution in [0.4, 0.5) is 4.79 Å². The summed E-state index contributed by atoms with van der Waals surface area (Å²) in [5, 5.41) is 9.55. The minimum atomic E-state index is -0.926. The molecule has 0 radical (unpaired) electrons. The van der Waals surface area contributed by atoms with Gasteiger partial charge in [0.25, 0.3) is 0 Å². The Balaban J connectivity index is 2.52. The number of rotatable bonds is 0. The van der Waals surface area contributed by atoms with Crippen molar-refractivity contribution in [2.45, 2.75) is 0 Å². The highest BCUT2D eigenvalue weighted by atomic mass is 32.1. The molecule has 0 atom stereocenters. The first-order valence-corrected chi connectivity index (χ1v) is 4.26. The van der Waals surface area contributed by atoms with Crippen molar-refractivity contribution < 1.29 is 9.90 Å². The molecule has 2 rings (SSSR count). The van der Waals surface area contributed by atoms with Crippen molar-refractivity contribution in [3.63, 3.8) is 0 Å². The molecular weight excluding hydrogens is 176 g/mol. The summed E-state index contributed by atoms with van der Waals surface area (Å²) in [5.74, 6) is 0. The van der Waals surface area contributed by atoms with Gasteiger partial charge in [-0.05, 0) is 6.08 Å². The van der Waals surface area contributed by atoms with Crippen molar-refractivity contribution in [3.05, 3.63) is 15.4 Å². The zero-order valence-electron chi connectivity index (χ0n) is 6.10. The van der Waals surface area contributed by atoms with Crippen molar-refractivity contribution in [2.75, 3.05) is 6.54 Å². The van der Waals surface area contributed by atoms with Crippen molar-refractivity contribution in [1.29, 1.82) is 0 Å². The molecule has 1 amide bonds. The summed E-state index contributed by atoms with van der Waals surface area (Å²) in [7, 11) is 0. The molecule has 0 fully saturated rings. The molecule has 5 heteroatoms. The van der Waals surface area contributed by atoms with Crippen LogP contribution in [0.25, 0.3) is 12.3 Å². The quantitative estimate of drug-likeness (QED) is 0.597. The van der Waals surface area contributed by atoms with Gasteiger partial charge in [0.05, 0.1) is 15.4 Å². The van der Waals surface area contributed by atoms with E-state index in [0.717, 1.165) is 9.88 Å². The van der Waals surface area contributed by atoms with Gasteiger partial charge >= 0.3 is 6.09 Å². The maximum atomic E-state index is 10.5. The molecule has 1 N–H and O–H groups in total. The molecule has 0 aliphatic carbocycles. The van der Waals surface area contributed by atoms with Crippen LogP contribution in [-0.2, 0) is 0 Å². The first-order chi connectivity index (χ1) is 5.77. The van der Waals surface area contributed by atoms with Gasteiger partial charge in [0.15, 0.2) is 0 Å². The number of fused-ring (bicyclic) bond motifs is 1. The molecule has 0 unspecified atom stereocenters. The van der Waals surface area contributed by atoms with Crippen LogP contribution < -0.4 is 9.88 Å². The fourth-order valence-electron chi connectivity index (χ4n) is 1.03. The van der Waals surface area contributed by atoms with Crippen LogP contribution in [-0.4, -0.2) is 27.6 Å². The van der Waals surface area contributed by atoms with Gasteiger partial charge in [0.1, 0.15) is 0 Å². The number of amides is 1. The monoisotopic (exact) mass is 182 g/mol. The lowest BCUT2D eigenvalue weighted by Crippen LogP contribution is -2.36. The van der Waals surface area contributed by atoms with Crippen LogP contribution in [0.1, 0.15) is 0 Å². The topological polar surface area (TPSA) is 53.4 Å². The zero-order valence-corrected chi connectivity index (χ0v) is 6.91. The summed E-state index contributed by atoms with van der Waals surface area (Å²) in [4.78, 5) is 15.8. The van der Waals surface area contributed by atoms with E-state index in [-0.39, 0.29) is 0 Å². The van der Waals surface area contributed by atoms with Gasteiger partial charge in [0, 0.05) is 12.7 Å². The zero-order chi connectivity index (χ0) is 8.55. The lowest BCUT2D eigenvalue weighted by molar-refractivity contribution is 0.171. The normalized spacial score (nSPS) is 14.5. The predicted octanol–water partition coefficient (Wildman–Crippen LogP) is -0.345. The first-order valence-electron chi connectivity index (χ1n) is 3.38. The molecule has 62 valence electrons. The SMILES string of the molecule is O=C(O)N1C=c2scnc2=CC1. The fraction of sp³-hybridized carbons (Fsp3) is 0.143. The minimum absolute atomic E-state index is 0.395. The number of aromatic nitrogens is 1. The lowest BCUT2D eigenvalue weighted by Gasteiger charge is -2.12. The number of nitrogens with zero attached hydrogens (tertiary/aromatic N) is 2. The molecule has 2 heterocycles.